The van der Waals surface area contributed by atoms with Gasteiger partial charge in [-0.2, -0.15) is 0 Å². The molecule has 1 rings (SSSR count). The Kier molecular flexibility index (Phi) is 5.22. The van der Waals surface area contributed by atoms with Crippen molar-refractivity contribution in [3.63, 3.8) is 0 Å². The van der Waals surface area contributed by atoms with Crippen molar-refractivity contribution < 1.29 is 19.5 Å². The topological polar surface area (TPSA) is 134 Å². The standard InChI is InChI=1S/C10H18N4O4/c11-9(17)12-4-5-13-10(18)14-7-3-1-2-6(7)8(15)16/h6-7H,1-5H2,(H,15,16)(H3,11,12,17)(H2,13,14,18). The summed E-state index contributed by atoms with van der Waals surface area (Å²) in [6, 6.07) is -1.41. The number of carboxylic acids is 1. The van der Waals surface area contributed by atoms with E-state index in [9.17, 15) is 14.4 Å². The third-order valence-corrected chi connectivity index (χ3v) is 2.86. The third kappa shape index (κ3) is 4.48. The number of carbonyl (C=O) groups excluding carboxylic acids is 2. The van der Waals surface area contributed by atoms with Crippen LogP contribution in [0.3, 0.4) is 0 Å². The number of hydrogen-bond acceptors (Lipinski definition) is 3. The molecule has 1 fully saturated rings. The smallest absolute Gasteiger partial charge is 0.315 e. The molecule has 0 saturated heterocycles. The van der Waals surface area contributed by atoms with Gasteiger partial charge in [0, 0.05) is 19.1 Å². The Morgan fingerprint density at radius 3 is 2.44 bits per heavy atom. The van der Waals surface area contributed by atoms with Crippen molar-refractivity contribution in [3.05, 3.63) is 0 Å². The lowest BCUT2D eigenvalue weighted by Crippen LogP contribution is -2.47. The molecule has 1 aliphatic carbocycles. The van der Waals surface area contributed by atoms with Crippen LogP contribution in [0.2, 0.25) is 0 Å². The molecule has 1 aliphatic rings. The van der Waals surface area contributed by atoms with Crippen molar-refractivity contribution in [2.75, 3.05) is 13.1 Å². The van der Waals surface area contributed by atoms with Gasteiger partial charge in [0.15, 0.2) is 0 Å². The van der Waals surface area contributed by atoms with Gasteiger partial charge in [0.25, 0.3) is 0 Å². The highest BCUT2D eigenvalue weighted by molar-refractivity contribution is 5.77. The molecule has 0 aliphatic heterocycles. The van der Waals surface area contributed by atoms with Crippen molar-refractivity contribution in [1.82, 2.24) is 16.0 Å². The Bertz CT molecular complexity index is 334. The lowest BCUT2D eigenvalue weighted by Gasteiger charge is -2.17. The number of nitrogens with one attached hydrogen (secondary N) is 3. The number of aliphatic carboxylic acids is 1. The highest BCUT2D eigenvalue weighted by Crippen LogP contribution is 2.25. The number of hydrogen-bond donors (Lipinski definition) is 5. The monoisotopic (exact) mass is 258 g/mol. The highest BCUT2D eigenvalue weighted by atomic mass is 16.4. The van der Waals surface area contributed by atoms with E-state index < -0.39 is 23.9 Å². The average Bonchev–Trinajstić information content (AvgIpc) is 2.72. The minimum atomic E-state index is -0.881. The van der Waals surface area contributed by atoms with Gasteiger partial charge < -0.3 is 26.8 Å². The van der Waals surface area contributed by atoms with Gasteiger partial charge >= 0.3 is 18.0 Å². The van der Waals surface area contributed by atoms with E-state index in [1.54, 1.807) is 0 Å². The maximum absolute atomic E-state index is 11.5. The van der Waals surface area contributed by atoms with Gasteiger partial charge in [-0.05, 0) is 12.8 Å². The number of carboxylic acid groups (broad SMARTS) is 1. The fourth-order valence-electron chi connectivity index (χ4n) is 2.01. The van der Waals surface area contributed by atoms with Gasteiger partial charge in [-0.1, -0.05) is 6.42 Å². The fourth-order valence-corrected chi connectivity index (χ4v) is 2.01. The van der Waals surface area contributed by atoms with Gasteiger partial charge in [-0.3, -0.25) is 4.79 Å². The fraction of sp³-hybridized carbons (Fsp3) is 0.700. The van der Waals surface area contributed by atoms with Crippen LogP contribution in [-0.2, 0) is 4.79 Å². The number of carbonyl (C=O) groups is 3. The number of nitrogens with two attached hydrogens (primary N) is 1. The molecule has 18 heavy (non-hydrogen) atoms. The molecule has 0 heterocycles. The predicted octanol–water partition coefficient (Wildman–Crippen LogP) is -0.793. The quantitative estimate of drug-likeness (QED) is 0.413. The predicted molar refractivity (Wildman–Crippen MR) is 62.9 cm³/mol. The first-order valence-corrected chi connectivity index (χ1v) is 5.81. The molecule has 0 aromatic heterocycles. The molecule has 1 saturated carbocycles. The van der Waals surface area contributed by atoms with E-state index in [1.807, 2.05) is 0 Å². The van der Waals surface area contributed by atoms with Gasteiger partial charge in [0.05, 0.1) is 5.92 Å². The largest absolute Gasteiger partial charge is 0.481 e. The molecule has 0 radical (unpaired) electrons. The SMILES string of the molecule is NC(=O)NCCNC(=O)NC1CCCC1C(=O)O. The molecule has 0 aromatic rings. The van der Waals surface area contributed by atoms with Crippen LogP contribution >= 0.6 is 0 Å². The molecular formula is C10H18N4O4. The van der Waals surface area contributed by atoms with Crippen LogP contribution < -0.4 is 21.7 Å². The Morgan fingerprint density at radius 2 is 1.83 bits per heavy atom. The summed E-state index contributed by atoms with van der Waals surface area (Å²) in [5, 5.41) is 16.4. The molecule has 0 aromatic carbocycles. The van der Waals surface area contributed by atoms with Gasteiger partial charge in [0.1, 0.15) is 0 Å². The Morgan fingerprint density at radius 1 is 1.17 bits per heavy atom. The van der Waals surface area contributed by atoms with Crippen LogP contribution in [-0.4, -0.2) is 42.3 Å². The molecule has 4 amide bonds. The lowest BCUT2D eigenvalue weighted by molar-refractivity contribution is -0.142. The van der Waals surface area contributed by atoms with Crippen LogP contribution in [0.5, 0.6) is 0 Å². The summed E-state index contributed by atoms with van der Waals surface area (Å²) in [7, 11) is 0. The third-order valence-electron chi connectivity index (χ3n) is 2.86. The summed E-state index contributed by atoms with van der Waals surface area (Å²) >= 11 is 0. The van der Waals surface area contributed by atoms with Crippen LogP contribution in [0.4, 0.5) is 9.59 Å². The number of rotatable bonds is 5. The summed E-state index contributed by atoms with van der Waals surface area (Å²) in [4.78, 5) is 32.7. The number of urea groups is 2. The zero-order valence-corrected chi connectivity index (χ0v) is 9.94. The molecule has 8 heteroatoms. The van der Waals surface area contributed by atoms with E-state index in [-0.39, 0.29) is 19.1 Å². The maximum atomic E-state index is 11.5. The van der Waals surface area contributed by atoms with Crippen LogP contribution in [0, 0.1) is 5.92 Å². The van der Waals surface area contributed by atoms with Gasteiger partial charge in [-0.25, -0.2) is 9.59 Å². The van der Waals surface area contributed by atoms with Crippen molar-refractivity contribution >= 4 is 18.0 Å². The Hall–Kier alpha value is -1.99. The summed E-state index contributed by atoms with van der Waals surface area (Å²) in [5.41, 5.74) is 4.85. The number of amides is 4. The number of primary amides is 1. The highest BCUT2D eigenvalue weighted by Gasteiger charge is 2.33. The van der Waals surface area contributed by atoms with Gasteiger partial charge in [-0.15, -0.1) is 0 Å². The van der Waals surface area contributed by atoms with E-state index in [2.05, 4.69) is 16.0 Å². The Labute approximate surface area is 104 Å². The van der Waals surface area contributed by atoms with Crippen molar-refractivity contribution in [1.29, 1.82) is 0 Å². The van der Waals surface area contributed by atoms with Crippen molar-refractivity contribution in [2.24, 2.45) is 11.7 Å². The van der Waals surface area contributed by atoms with Crippen LogP contribution in [0.1, 0.15) is 19.3 Å². The first-order chi connectivity index (χ1) is 8.50. The van der Waals surface area contributed by atoms with Crippen molar-refractivity contribution in [3.8, 4) is 0 Å². The van der Waals surface area contributed by atoms with E-state index >= 15 is 0 Å². The van der Waals surface area contributed by atoms with Crippen LogP contribution in [0.15, 0.2) is 0 Å². The Balaban J connectivity index is 2.23. The summed E-state index contributed by atoms with van der Waals surface area (Å²) < 4.78 is 0. The molecule has 102 valence electrons. The van der Waals surface area contributed by atoms with E-state index in [0.29, 0.717) is 12.8 Å². The second-order valence-electron chi connectivity index (χ2n) is 4.17. The lowest BCUT2D eigenvalue weighted by atomic mass is 10.0. The van der Waals surface area contributed by atoms with Crippen LogP contribution in [0.25, 0.3) is 0 Å². The molecule has 6 N–H and O–H groups in total. The first-order valence-electron chi connectivity index (χ1n) is 5.81. The minimum absolute atomic E-state index is 0.232. The first kappa shape index (κ1) is 14.1. The van der Waals surface area contributed by atoms with Crippen molar-refractivity contribution in [2.45, 2.75) is 25.3 Å². The minimum Gasteiger partial charge on any atom is -0.481 e. The summed E-state index contributed by atoms with van der Waals surface area (Å²) in [6.07, 6.45) is 2.05. The molecule has 8 nitrogen and oxygen atoms in total. The average molecular weight is 258 g/mol. The zero-order chi connectivity index (χ0) is 13.5. The molecule has 0 bridgehead atoms. The second-order valence-corrected chi connectivity index (χ2v) is 4.17. The molecular weight excluding hydrogens is 240 g/mol. The van der Waals surface area contributed by atoms with Gasteiger partial charge in [0.2, 0.25) is 0 Å². The molecule has 0 spiro atoms. The second kappa shape index (κ2) is 6.67. The summed E-state index contributed by atoms with van der Waals surface area (Å²) in [5.74, 6) is -1.40. The summed E-state index contributed by atoms with van der Waals surface area (Å²) in [6.45, 7) is 0.467. The maximum Gasteiger partial charge on any atom is 0.315 e. The van der Waals surface area contributed by atoms with E-state index in [4.69, 9.17) is 10.8 Å². The normalized spacial score (nSPS) is 22.2. The van der Waals surface area contributed by atoms with E-state index in [0.717, 1.165) is 6.42 Å². The molecule has 2 atom stereocenters. The van der Waals surface area contributed by atoms with E-state index in [1.165, 1.54) is 0 Å². The molecule has 2 unspecified atom stereocenters. The zero-order valence-electron chi connectivity index (χ0n) is 9.94.